The third-order valence-electron chi connectivity index (χ3n) is 15.7. The summed E-state index contributed by atoms with van der Waals surface area (Å²) in [5, 5.41) is 10.6. The van der Waals surface area contributed by atoms with E-state index in [0.717, 1.165) is 102 Å². The zero-order valence-corrected chi connectivity index (χ0v) is 58.1. The Hall–Kier alpha value is -1.94. The van der Waals surface area contributed by atoms with Gasteiger partial charge in [0.1, 0.15) is 19.3 Å². The summed E-state index contributed by atoms with van der Waals surface area (Å²) >= 11 is 0. The molecule has 0 saturated carbocycles. The van der Waals surface area contributed by atoms with Crippen LogP contribution in [0.2, 0.25) is 0 Å². The van der Waals surface area contributed by atoms with Crippen LogP contribution in [0.25, 0.3) is 0 Å². The van der Waals surface area contributed by atoms with Crippen molar-refractivity contribution < 1.29 is 80.2 Å². The number of ether oxygens (including phenoxy) is 4. The van der Waals surface area contributed by atoms with Gasteiger partial charge in [-0.3, -0.25) is 37.3 Å². The van der Waals surface area contributed by atoms with Gasteiger partial charge >= 0.3 is 39.5 Å². The zero-order chi connectivity index (χ0) is 64.3. The van der Waals surface area contributed by atoms with Crippen molar-refractivity contribution in [2.45, 2.75) is 362 Å². The van der Waals surface area contributed by atoms with Crippen molar-refractivity contribution in [3.8, 4) is 0 Å². The van der Waals surface area contributed by atoms with E-state index < -0.39 is 97.5 Å². The highest BCUT2D eigenvalue weighted by Crippen LogP contribution is 2.45. The summed E-state index contributed by atoms with van der Waals surface area (Å²) in [6.07, 6.45) is 44.4. The van der Waals surface area contributed by atoms with Gasteiger partial charge in [0.15, 0.2) is 12.2 Å². The molecule has 3 N–H and O–H groups in total. The minimum Gasteiger partial charge on any atom is -0.462 e. The molecule has 0 aliphatic carbocycles. The minimum atomic E-state index is -4.95. The van der Waals surface area contributed by atoms with Gasteiger partial charge in [0.25, 0.3) is 0 Å². The molecule has 0 aliphatic rings. The maximum Gasteiger partial charge on any atom is 0.472 e. The lowest BCUT2D eigenvalue weighted by Gasteiger charge is -2.21. The van der Waals surface area contributed by atoms with Crippen LogP contribution < -0.4 is 0 Å². The van der Waals surface area contributed by atoms with E-state index in [0.29, 0.717) is 25.7 Å². The molecule has 0 saturated heterocycles. The van der Waals surface area contributed by atoms with E-state index in [2.05, 4.69) is 41.5 Å². The van der Waals surface area contributed by atoms with Crippen LogP contribution in [0.15, 0.2) is 0 Å². The van der Waals surface area contributed by atoms with Crippen molar-refractivity contribution in [2.75, 3.05) is 39.6 Å². The second-order valence-corrected chi connectivity index (χ2v) is 28.4. The number of unbranched alkanes of at least 4 members (excludes halogenated alkanes) is 37. The third kappa shape index (κ3) is 62.6. The van der Waals surface area contributed by atoms with E-state index in [-0.39, 0.29) is 25.7 Å². The van der Waals surface area contributed by atoms with Gasteiger partial charge in [0.05, 0.1) is 26.4 Å². The molecule has 516 valence electrons. The topological polar surface area (TPSA) is 237 Å². The first-order chi connectivity index (χ1) is 41.9. The second kappa shape index (κ2) is 60.3. The fraction of sp³-hybridized carbons (Fsp3) is 0.941. The summed E-state index contributed by atoms with van der Waals surface area (Å²) in [4.78, 5) is 72.4. The standard InChI is InChI=1S/C68H132O17P2/c1-7-9-11-13-15-17-18-19-20-21-27-34-40-46-52-67(72)84-64(57-79-66(71)51-45-39-33-28-22-25-30-36-42-48-60(3)4)59-83-87(76,77)81-55-62(69)54-80-86(74,75)82-58-63(56-78-65(70)50-44-38-32-24-16-14-12-10-8-2)85-68(73)53-47-41-35-29-23-26-31-37-43-49-61(5)6/h60-64,69H,7-59H2,1-6H3,(H,74,75)(H,76,77)/t62-,63+,64+/m0/s1. The molecule has 87 heavy (non-hydrogen) atoms. The van der Waals surface area contributed by atoms with Crippen LogP contribution in [0.4, 0.5) is 0 Å². The van der Waals surface area contributed by atoms with Gasteiger partial charge in [-0.05, 0) is 37.5 Å². The van der Waals surface area contributed by atoms with Crippen molar-refractivity contribution in [3.63, 3.8) is 0 Å². The van der Waals surface area contributed by atoms with E-state index in [1.807, 2.05) is 0 Å². The number of hydrogen-bond acceptors (Lipinski definition) is 15. The molecular weight excluding hydrogens is 1150 g/mol. The van der Waals surface area contributed by atoms with Gasteiger partial charge in [-0.2, -0.15) is 0 Å². The Kier molecular flexibility index (Phi) is 59.0. The molecule has 2 unspecified atom stereocenters. The predicted molar refractivity (Wildman–Crippen MR) is 349 cm³/mol. The summed E-state index contributed by atoms with van der Waals surface area (Å²) in [6, 6.07) is 0. The van der Waals surface area contributed by atoms with Gasteiger partial charge in [0.2, 0.25) is 0 Å². The summed E-state index contributed by atoms with van der Waals surface area (Å²) in [7, 11) is -9.89. The van der Waals surface area contributed by atoms with Crippen molar-refractivity contribution in [3.05, 3.63) is 0 Å². The number of hydrogen-bond donors (Lipinski definition) is 3. The number of carbonyl (C=O) groups is 4. The Balaban J connectivity index is 5.24. The highest BCUT2D eigenvalue weighted by atomic mass is 31.2. The molecule has 0 amide bonds. The normalized spacial score (nSPS) is 14.2. The van der Waals surface area contributed by atoms with Gasteiger partial charge in [-0.25, -0.2) is 9.13 Å². The molecule has 17 nitrogen and oxygen atoms in total. The Bertz CT molecular complexity index is 1700. The monoisotopic (exact) mass is 1280 g/mol. The molecule has 19 heteroatoms. The van der Waals surface area contributed by atoms with E-state index in [9.17, 15) is 43.2 Å². The molecule has 0 aromatic rings. The maximum absolute atomic E-state index is 13.0. The molecule has 0 aliphatic heterocycles. The highest BCUT2D eigenvalue weighted by molar-refractivity contribution is 7.47. The SMILES string of the molecule is CCCCCCCCCCCCCCCCC(=O)O[C@H](COC(=O)CCCCCCCCCCCC(C)C)COP(=O)(O)OC[C@@H](O)COP(=O)(O)OC[C@@H](COC(=O)CCCCCCCCCCC)OC(=O)CCCCCCCCCCCC(C)C. The number of aliphatic hydroxyl groups is 1. The van der Waals surface area contributed by atoms with Gasteiger partial charge < -0.3 is 33.8 Å². The first-order valence-corrected chi connectivity index (χ1v) is 38.5. The lowest BCUT2D eigenvalue weighted by molar-refractivity contribution is -0.161. The second-order valence-electron chi connectivity index (χ2n) is 25.5. The molecule has 0 aromatic carbocycles. The minimum absolute atomic E-state index is 0.105. The van der Waals surface area contributed by atoms with Crippen LogP contribution in [-0.4, -0.2) is 96.7 Å². The fourth-order valence-electron chi connectivity index (χ4n) is 10.2. The van der Waals surface area contributed by atoms with Crippen LogP contribution in [0.1, 0.15) is 343 Å². The van der Waals surface area contributed by atoms with Crippen molar-refractivity contribution >= 4 is 39.5 Å². The quantitative estimate of drug-likeness (QED) is 0.0222. The molecule has 0 bridgehead atoms. The van der Waals surface area contributed by atoms with Gasteiger partial charge in [-0.1, -0.05) is 292 Å². The number of phosphoric ester groups is 2. The van der Waals surface area contributed by atoms with Gasteiger partial charge in [0, 0.05) is 25.7 Å². The number of phosphoric acid groups is 2. The fourth-order valence-corrected chi connectivity index (χ4v) is 11.8. The molecule has 0 fully saturated rings. The summed E-state index contributed by atoms with van der Waals surface area (Å²) in [5.74, 6) is -0.647. The number of carbonyl (C=O) groups excluding carboxylic acids is 4. The summed E-state index contributed by atoms with van der Waals surface area (Å²) in [5.41, 5.74) is 0. The van der Waals surface area contributed by atoms with Crippen LogP contribution >= 0.6 is 15.6 Å². The van der Waals surface area contributed by atoms with E-state index in [4.69, 9.17) is 37.0 Å². The Morgan fingerprint density at radius 1 is 0.310 bits per heavy atom. The largest absolute Gasteiger partial charge is 0.472 e. The zero-order valence-electron chi connectivity index (χ0n) is 56.3. The molecule has 0 aromatic heterocycles. The Morgan fingerprint density at radius 3 is 0.782 bits per heavy atom. The van der Waals surface area contributed by atoms with E-state index in [1.165, 1.54) is 161 Å². The molecule has 5 atom stereocenters. The average Bonchev–Trinajstić information content (AvgIpc) is 3.68. The molecule has 0 radical (unpaired) electrons. The van der Waals surface area contributed by atoms with Crippen molar-refractivity contribution in [2.24, 2.45) is 11.8 Å². The molecule has 0 heterocycles. The number of rotatable bonds is 67. The van der Waals surface area contributed by atoms with Crippen LogP contribution in [0.5, 0.6) is 0 Å². The van der Waals surface area contributed by atoms with Crippen LogP contribution in [-0.2, 0) is 65.4 Å². The molecule has 0 rings (SSSR count). The van der Waals surface area contributed by atoms with E-state index >= 15 is 0 Å². The molecule has 0 spiro atoms. The predicted octanol–water partition coefficient (Wildman–Crippen LogP) is 19.2. The summed E-state index contributed by atoms with van der Waals surface area (Å²) in [6.45, 7) is 9.48. The average molecular weight is 1280 g/mol. The number of esters is 4. The first kappa shape index (κ1) is 85.1. The first-order valence-electron chi connectivity index (χ1n) is 35.5. The summed E-state index contributed by atoms with van der Waals surface area (Å²) < 4.78 is 68.2. The van der Waals surface area contributed by atoms with Crippen molar-refractivity contribution in [1.29, 1.82) is 0 Å². The van der Waals surface area contributed by atoms with E-state index in [1.54, 1.807) is 0 Å². The molecular formula is C68H132O17P2. The number of aliphatic hydroxyl groups excluding tert-OH is 1. The highest BCUT2D eigenvalue weighted by Gasteiger charge is 2.30. The van der Waals surface area contributed by atoms with Crippen LogP contribution in [0.3, 0.4) is 0 Å². The third-order valence-corrected chi connectivity index (χ3v) is 17.6. The lowest BCUT2D eigenvalue weighted by Crippen LogP contribution is -2.30. The van der Waals surface area contributed by atoms with Crippen molar-refractivity contribution in [1.82, 2.24) is 0 Å². The Labute approximate surface area is 530 Å². The Morgan fingerprint density at radius 2 is 0.529 bits per heavy atom. The van der Waals surface area contributed by atoms with Crippen LogP contribution in [0, 0.1) is 11.8 Å². The smallest absolute Gasteiger partial charge is 0.462 e. The lowest BCUT2D eigenvalue weighted by atomic mass is 10.0. The maximum atomic E-state index is 13.0. The van der Waals surface area contributed by atoms with Gasteiger partial charge in [-0.15, -0.1) is 0 Å².